The van der Waals surface area contributed by atoms with Crippen LogP contribution in [-0.2, 0) is 4.79 Å². The lowest BCUT2D eigenvalue weighted by molar-refractivity contribution is -0.128. The Morgan fingerprint density at radius 1 is 1.29 bits per heavy atom. The molecule has 1 heterocycles. The van der Waals surface area contributed by atoms with E-state index in [1.165, 1.54) is 4.90 Å². The van der Waals surface area contributed by atoms with Crippen LogP contribution in [0.4, 0.5) is 4.79 Å². The molecule has 0 N–H and O–H groups in total. The third-order valence-corrected chi connectivity index (χ3v) is 3.09. The van der Waals surface area contributed by atoms with E-state index in [0.717, 1.165) is 19.3 Å². The highest BCUT2D eigenvalue weighted by molar-refractivity contribution is 6.02. The van der Waals surface area contributed by atoms with Gasteiger partial charge in [0.25, 0.3) is 5.91 Å². The van der Waals surface area contributed by atoms with Crippen LogP contribution in [0.3, 0.4) is 0 Å². The van der Waals surface area contributed by atoms with Gasteiger partial charge in [0.1, 0.15) is 6.54 Å². The van der Waals surface area contributed by atoms with E-state index in [2.05, 4.69) is 0 Å². The van der Waals surface area contributed by atoms with Gasteiger partial charge in [-0.1, -0.05) is 0 Å². The van der Waals surface area contributed by atoms with Crippen LogP contribution >= 0.6 is 0 Å². The highest BCUT2D eigenvalue weighted by Crippen LogP contribution is 2.28. The molecule has 2 rings (SSSR count). The summed E-state index contributed by atoms with van der Waals surface area (Å²) in [6, 6.07) is 0.227. The van der Waals surface area contributed by atoms with Gasteiger partial charge in [0.2, 0.25) is 0 Å². The van der Waals surface area contributed by atoms with E-state index >= 15 is 0 Å². The Morgan fingerprint density at radius 2 is 1.93 bits per heavy atom. The Kier molecular flexibility index (Phi) is 2.21. The van der Waals surface area contributed by atoms with Crippen molar-refractivity contribution in [2.24, 2.45) is 0 Å². The van der Waals surface area contributed by atoms with E-state index in [4.69, 9.17) is 0 Å². The molecular formula is C10H16N2O2. The van der Waals surface area contributed by atoms with E-state index < -0.39 is 0 Å². The second-order valence-corrected chi connectivity index (χ2v) is 4.35. The van der Waals surface area contributed by atoms with Gasteiger partial charge in [0.05, 0.1) is 0 Å². The van der Waals surface area contributed by atoms with Crippen LogP contribution in [0.15, 0.2) is 0 Å². The molecule has 0 bridgehead atoms. The lowest BCUT2D eigenvalue weighted by Gasteiger charge is -2.33. The van der Waals surface area contributed by atoms with Crippen molar-refractivity contribution in [3.63, 3.8) is 0 Å². The minimum absolute atomic E-state index is 0.0200. The van der Waals surface area contributed by atoms with Crippen molar-refractivity contribution in [1.29, 1.82) is 0 Å². The number of amides is 3. The summed E-state index contributed by atoms with van der Waals surface area (Å²) in [5, 5.41) is 0. The van der Waals surface area contributed by atoms with Crippen LogP contribution in [0.2, 0.25) is 0 Å². The van der Waals surface area contributed by atoms with Crippen molar-refractivity contribution in [2.45, 2.75) is 45.2 Å². The van der Waals surface area contributed by atoms with Crippen molar-refractivity contribution in [3.8, 4) is 0 Å². The molecule has 0 atom stereocenters. The fraction of sp³-hybridized carbons (Fsp3) is 0.800. The summed E-state index contributed by atoms with van der Waals surface area (Å²) in [6.45, 7) is 4.15. The number of imide groups is 1. The molecule has 78 valence electrons. The van der Waals surface area contributed by atoms with Gasteiger partial charge < -0.3 is 4.90 Å². The van der Waals surface area contributed by atoms with E-state index in [9.17, 15) is 9.59 Å². The first-order chi connectivity index (χ1) is 6.61. The molecule has 4 heteroatoms. The first kappa shape index (κ1) is 9.49. The van der Waals surface area contributed by atoms with Gasteiger partial charge in [0, 0.05) is 12.1 Å². The van der Waals surface area contributed by atoms with Gasteiger partial charge in [-0.2, -0.15) is 0 Å². The lowest BCUT2D eigenvalue weighted by atomic mass is 9.92. The number of urea groups is 1. The molecule has 0 spiro atoms. The monoisotopic (exact) mass is 196 g/mol. The summed E-state index contributed by atoms with van der Waals surface area (Å²) >= 11 is 0. The Morgan fingerprint density at radius 3 is 2.29 bits per heavy atom. The molecule has 0 aromatic carbocycles. The highest BCUT2D eigenvalue weighted by atomic mass is 16.2. The second kappa shape index (κ2) is 3.26. The van der Waals surface area contributed by atoms with E-state index in [0.29, 0.717) is 0 Å². The number of carbonyl (C=O) groups is 2. The normalized spacial score (nSPS) is 23.6. The molecule has 2 fully saturated rings. The maximum Gasteiger partial charge on any atom is 0.327 e. The summed E-state index contributed by atoms with van der Waals surface area (Å²) in [6.07, 6.45) is 3.12. The summed E-state index contributed by atoms with van der Waals surface area (Å²) in [7, 11) is 0. The fourth-order valence-electron chi connectivity index (χ4n) is 1.94. The standard InChI is InChI=1S/C10H16N2O2/c1-7(2)11-6-9(13)12(10(11)14)8-4-3-5-8/h7-8H,3-6H2,1-2H3. The summed E-state index contributed by atoms with van der Waals surface area (Å²) in [5.74, 6) is -0.0200. The Labute approximate surface area is 83.9 Å². The largest absolute Gasteiger partial charge is 0.327 e. The number of nitrogens with zero attached hydrogens (tertiary/aromatic N) is 2. The molecule has 1 saturated carbocycles. The summed E-state index contributed by atoms with van der Waals surface area (Å²) in [5.41, 5.74) is 0. The molecular weight excluding hydrogens is 180 g/mol. The Hall–Kier alpha value is -1.06. The van der Waals surface area contributed by atoms with Gasteiger partial charge in [-0.15, -0.1) is 0 Å². The molecule has 0 aromatic heterocycles. The number of hydrogen-bond acceptors (Lipinski definition) is 2. The minimum Gasteiger partial charge on any atom is -0.313 e. The van der Waals surface area contributed by atoms with Crippen LogP contribution in [0, 0.1) is 0 Å². The Balaban J connectivity index is 2.11. The molecule has 1 saturated heterocycles. The van der Waals surface area contributed by atoms with E-state index in [1.807, 2.05) is 13.8 Å². The molecule has 1 aliphatic heterocycles. The molecule has 14 heavy (non-hydrogen) atoms. The van der Waals surface area contributed by atoms with Crippen LogP contribution in [-0.4, -0.2) is 40.4 Å². The maximum absolute atomic E-state index is 11.8. The zero-order chi connectivity index (χ0) is 10.3. The van der Waals surface area contributed by atoms with E-state index in [-0.39, 0.29) is 30.6 Å². The molecule has 4 nitrogen and oxygen atoms in total. The number of hydrogen-bond donors (Lipinski definition) is 0. The van der Waals surface area contributed by atoms with Gasteiger partial charge in [-0.25, -0.2) is 4.79 Å². The van der Waals surface area contributed by atoms with Crippen LogP contribution in [0.25, 0.3) is 0 Å². The molecule has 0 unspecified atom stereocenters. The third kappa shape index (κ3) is 1.29. The molecule has 0 radical (unpaired) electrons. The summed E-state index contributed by atoms with van der Waals surface area (Å²) < 4.78 is 0. The predicted octanol–water partition coefficient (Wildman–Crippen LogP) is 1.21. The van der Waals surface area contributed by atoms with Crippen LogP contribution in [0.5, 0.6) is 0 Å². The fourth-order valence-corrected chi connectivity index (χ4v) is 1.94. The van der Waals surface area contributed by atoms with Crippen molar-refractivity contribution in [3.05, 3.63) is 0 Å². The molecule has 0 aromatic rings. The van der Waals surface area contributed by atoms with Crippen LogP contribution < -0.4 is 0 Å². The van der Waals surface area contributed by atoms with Gasteiger partial charge >= 0.3 is 6.03 Å². The summed E-state index contributed by atoms with van der Waals surface area (Å²) in [4.78, 5) is 26.5. The lowest BCUT2D eigenvalue weighted by Crippen LogP contribution is -2.45. The van der Waals surface area contributed by atoms with Crippen molar-refractivity contribution < 1.29 is 9.59 Å². The van der Waals surface area contributed by atoms with Gasteiger partial charge in [-0.05, 0) is 33.1 Å². The van der Waals surface area contributed by atoms with Crippen molar-refractivity contribution in [1.82, 2.24) is 9.80 Å². The SMILES string of the molecule is CC(C)N1CC(=O)N(C2CCC2)C1=O. The van der Waals surface area contributed by atoms with Crippen molar-refractivity contribution in [2.75, 3.05) is 6.54 Å². The quantitative estimate of drug-likeness (QED) is 0.623. The molecule has 1 aliphatic carbocycles. The first-order valence-corrected chi connectivity index (χ1v) is 5.24. The predicted molar refractivity (Wildman–Crippen MR) is 51.7 cm³/mol. The minimum atomic E-state index is -0.0882. The maximum atomic E-state index is 11.8. The average Bonchev–Trinajstić information content (AvgIpc) is 2.29. The average molecular weight is 196 g/mol. The zero-order valence-corrected chi connectivity index (χ0v) is 8.69. The first-order valence-electron chi connectivity index (χ1n) is 5.24. The molecule has 2 aliphatic rings. The van der Waals surface area contributed by atoms with E-state index in [1.54, 1.807) is 4.90 Å². The second-order valence-electron chi connectivity index (χ2n) is 4.35. The van der Waals surface area contributed by atoms with Crippen LogP contribution in [0.1, 0.15) is 33.1 Å². The third-order valence-electron chi connectivity index (χ3n) is 3.09. The topological polar surface area (TPSA) is 40.6 Å². The Bertz CT molecular complexity index is 271. The molecule has 3 amide bonds. The van der Waals surface area contributed by atoms with Gasteiger partial charge in [0.15, 0.2) is 0 Å². The zero-order valence-electron chi connectivity index (χ0n) is 8.69. The smallest absolute Gasteiger partial charge is 0.313 e. The number of carbonyl (C=O) groups excluding carboxylic acids is 2. The highest BCUT2D eigenvalue weighted by Gasteiger charge is 2.42. The van der Waals surface area contributed by atoms with Gasteiger partial charge in [-0.3, -0.25) is 9.69 Å². The van der Waals surface area contributed by atoms with Crippen molar-refractivity contribution >= 4 is 11.9 Å². The number of rotatable bonds is 2.